The topological polar surface area (TPSA) is 68.1 Å². The first-order valence-electron chi connectivity index (χ1n) is 4.36. The summed E-state index contributed by atoms with van der Waals surface area (Å²) in [7, 11) is 0. The van der Waals surface area contributed by atoms with Gasteiger partial charge in [0.1, 0.15) is 30.5 Å². The Labute approximate surface area is 79.5 Å². The van der Waals surface area contributed by atoms with Crippen molar-refractivity contribution < 1.29 is 23.9 Å². The smallest absolute Gasteiger partial charge is 0.319 e. The fourth-order valence-corrected chi connectivity index (χ4v) is 1.70. The highest BCUT2D eigenvalue weighted by molar-refractivity contribution is 6.04. The number of hydrogen-bond acceptors (Lipinski definition) is 5. The lowest BCUT2D eigenvalue weighted by Gasteiger charge is -2.27. The number of carbonyl (C=O) groups excluding carboxylic acids is 1. The van der Waals surface area contributed by atoms with E-state index < -0.39 is 30.8 Å². The maximum absolute atomic E-state index is 12.3. The summed E-state index contributed by atoms with van der Waals surface area (Å²) >= 11 is 0. The third kappa shape index (κ3) is 1.35. The van der Waals surface area contributed by atoms with Crippen molar-refractivity contribution in [2.45, 2.75) is 18.6 Å². The normalized spacial score (nSPS) is 35.7. The van der Waals surface area contributed by atoms with Crippen molar-refractivity contribution in [1.82, 2.24) is 0 Å². The number of carbonyl (C=O) groups is 1. The minimum atomic E-state index is -0.739. The van der Waals surface area contributed by atoms with Crippen LogP contribution in [-0.2, 0) is 14.4 Å². The molecule has 0 spiro atoms. The third-order valence-corrected chi connectivity index (χ3v) is 2.40. The first-order chi connectivity index (χ1) is 6.76. The molecular formula is C8H10FNO4. The SMILES string of the molecule is O=C1O[C@H](CF)C[C@H]2ON=C(CO)[C@@H]12. The number of halogens is 1. The highest BCUT2D eigenvalue weighted by Crippen LogP contribution is 2.29. The van der Waals surface area contributed by atoms with E-state index in [1.807, 2.05) is 0 Å². The average molecular weight is 203 g/mol. The molecular weight excluding hydrogens is 193 g/mol. The molecule has 3 atom stereocenters. The fourth-order valence-electron chi connectivity index (χ4n) is 1.70. The van der Waals surface area contributed by atoms with Gasteiger partial charge in [0, 0.05) is 6.42 Å². The summed E-state index contributed by atoms with van der Waals surface area (Å²) in [6, 6.07) is 0. The fraction of sp³-hybridized carbons (Fsp3) is 0.750. The van der Waals surface area contributed by atoms with Crippen LogP contribution in [0.4, 0.5) is 4.39 Å². The summed E-state index contributed by atoms with van der Waals surface area (Å²) in [6.07, 6.45) is -0.920. The molecule has 2 heterocycles. The van der Waals surface area contributed by atoms with E-state index in [-0.39, 0.29) is 12.3 Å². The molecule has 0 aromatic heterocycles. The van der Waals surface area contributed by atoms with Crippen LogP contribution in [-0.4, -0.2) is 42.3 Å². The second-order valence-corrected chi connectivity index (χ2v) is 3.31. The molecule has 0 unspecified atom stereocenters. The number of aliphatic hydroxyl groups excluding tert-OH is 1. The van der Waals surface area contributed by atoms with Gasteiger partial charge in [-0.05, 0) is 0 Å². The molecule has 2 aliphatic rings. The summed E-state index contributed by atoms with van der Waals surface area (Å²) in [5.41, 5.74) is 0.261. The minimum Gasteiger partial charge on any atom is -0.459 e. The second-order valence-electron chi connectivity index (χ2n) is 3.31. The van der Waals surface area contributed by atoms with E-state index >= 15 is 0 Å². The Kier molecular flexibility index (Phi) is 2.37. The van der Waals surface area contributed by atoms with Crippen molar-refractivity contribution in [3.63, 3.8) is 0 Å². The van der Waals surface area contributed by atoms with Gasteiger partial charge in [-0.1, -0.05) is 5.16 Å². The molecule has 0 radical (unpaired) electrons. The Hall–Kier alpha value is -1.17. The lowest BCUT2D eigenvalue weighted by atomic mass is 9.91. The number of alkyl halides is 1. The zero-order chi connectivity index (χ0) is 10.1. The van der Waals surface area contributed by atoms with Gasteiger partial charge in [0.05, 0.1) is 6.61 Å². The van der Waals surface area contributed by atoms with Crippen LogP contribution in [0.3, 0.4) is 0 Å². The van der Waals surface area contributed by atoms with Gasteiger partial charge >= 0.3 is 5.97 Å². The van der Waals surface area contributed by atoms with Crippen LogP contribution >= 0.6 is 0 Å². The van der Waals surface area contributed by atoms with Gasteiger partial charge in [-0.15, -0.1) is 0 Å². The highest BCUT2D eigenvalue weighted by Gasteiger charge is 2.46. The highest BCUT2D eigenvalue weighted by atomic mass is 19.1. The number of rotatable bonds is 2. The number of oxime groups is 1. The minimum absolute atomic E-state index is 0.261. The van der Waals surface area contributed by atoms with E-state index in [4.69, 9.17) is 14.7 Å². The van der Waals surface area contributed by atoms with Crippen LogP contribution in [0.5, 0.6) is 0 Å². The monoisotopic (exact) mass is 203 g/mol. The molecule has 1 fully saturated rings. The molecule has 0 saturated carbocycles. The number of aliphatic hydroxyl groups is 1. The van der Waals surface area contributed by atoms with Crippen molar-refractivity contribution in [3.05, 3.63) is 0 Å². The molecule has 1 N–H and O–H groups in total. The first-order valence-corrected chi connectivity index (χ1v) is 4.36. The predicted octanol–water partition coefficient (Wildman–Crippen LogP) is -0.365. The molecule has 0 aliphatic carbocycles. The molecule has 0 aromatic rings. The Balaban J connectivity index is 2.11. The zero-order valence-electron chi connectivity index (χ0n) is 7.35. The van der Waals surface area contributed by atoms with E-state index in [1.165, 1.54) is 0 Å². The van der Waals surface area contributed by atoms with Crippen molar-refractivity contribution >= 4 is 11.7 Å². The van der Waals surface area contributed by atoms with Gasteiger partial charge in [0.15, 0.2) is 0 Å². The molecule has 6 heteroatoms. The van der Waals surface area contributed by atoms with Crippen LogP contribution in [0.15, 0.2) is 5.16 Å². The number of ether oxygens (including phenoxy) is 1. The largest absolute Gasteiger partial charge is 0.459 e. The van der Waals surface area contributed by atoms with E-state index in [2.05, 4.69) is 5.16 Å². The summed E-state index contributed by atoms with van der Waals surface area (Å²) in [6.45, 7) is -1.05. The summed E-state index contributed by atoms with van der Waals surface area (Å²) in [5, 5.41) is 12.4. The Morgan fingerprint density at radius 1 is 1.64 bits per heavy atom. The lowest BCUT2D eigenvalue weighted by molar-refractivity contribution is -0.166. The molecule has 1 saturated heterocycles. The molecule has 0 aromatic carbocycles. The quantitative estimate of drug-likeness (QED) is 0.622. The van der Waals surface area contributed by atoms with Crippen LogP contribution in [0.2, 0.25) is 0 Å². The van der Waals surface area contributed by atoms with Gasteiger partial charge in [0.2, 0.25) is 0 Å². The molecule has 0 amide bonds. The van der Waals surface area contributed by atoms with Gasteiger partial charge < -0.3 is 14.7 Å². The molecule has 0 bridgehead atoms. The van der Waals surface area contributed by atoms with Gasteiger partial charge in [0.25, 0.3) is 0 Å². The Morgan fingerprint density at radius 3 is 3.07 bits per heavy atom. The first kappa shape index (κ1) is 9.39. The van der Waals surface area contributed by atoms with E-state index in [1.54, 1.807) is 0 Å². The molecule has 14 heavy (non-hydrogen) atoms. The second kappa shape index (κ2) is 3.53. The van der Waals surface area contributed by atoms with E-state index in [0.29, 0.717) is 6.42 Å². The molecule has 2 aliphatic heterocycles. The van der Waals surface area contributed by atoms with Gasteiger partial charge in [-0.25, -0.2) is 4.39 Å². The van der Waals surface area contributed by atoms with Crippen LogP contribution < -0.4 is 0 Å². The number of hydrogen-bond donors (Lipinski definition) is 1. The lowest BCUT2D eigenvalue weighted by Crippen LogP contribution is -2.44. The third-order valence-electron chi connectivity index (χ3n) is 2.40. The Bertz CT molecular complexity index is 281. The summed E-state index contributed by atoms with van der Waals surface area (Å²) in [5.74, 6) is -1.21. The van der Waals surface area contributed by atoms with Gasteiger partial charge in [-0.2, -0.15) is 0 Å². The van der Waals surface area contributed by atoms with Crippen molar-refractivity contribution in [2.75, 3.05) is 13.3 Å². The predicted molar refractivity (Wildman–Crippen MR) is 43.4 cm³/mol. The van der Waals surface area contributed by atoms with Crippen LogP contribution in [0, 0.1) is 5.92 Å². The summed E-state index contributed by atoms with van der Waals surface area (Å²) < 4.78 is 17.1. The number of cyclic esters (lactones) is 1. The van der Waals surface area contributed by atoms with E-state index in [0.717, 1.165) is 0 Å². The maximum atomic E-state index is 12.3. The van der Waals surface area contributed by atoms with Crippen molar-refractivity contribution in [3.8, 4) is 0 Å². The van der Waals surface area contributed by atoms with Crippen molar-refractivity contribution in [1.29, 1.82) is 0 Å². The zero-order valence-corrected chi connectivity index (χ0v) is 7.35. The van der Waals surface area contributed by atoms with E-state index in [9.17, 15) is 9.18 Å². The van der Waals surface area contributed by atoms with Crippen LogP contribution in [0.25, 0.3) is 0 Å². The number of esters is 1. The summed E-state index contributed by atoms with van der Waals surface area (Å²) in [4.78, 5) is 16.3. The van der Waals surface area contributed by atoms with Crippen LogP contribution in [0.1, 0.15) is 6.42 Å². The van der Waals surface area contributed by atoms with Crippen molar-refractivity contribution in [2.24, 2.45) is 11.1 Å². The molecule has 78 valence electrons. The maximum Gasteiger partial charge on any atom is 0.319 e. The number of nitrogens with zero attached hydrogens (tertiary/aromatic N) is 1. The number of fused-ring (bicyclic) bond motifs is 1. The molecule has 5 nitrogen and oxygen atoms in total. The standard InChI is InChI=1S/C8H10FNO4/c9-2-4-1-6-7(8(12)13-4)5(3-11)10-14-6/h4,6-7,11H,1-3H2/t4-,6+,7+/m0/s1. The average Bonchev–Trinajstić information content (AvgIpc) is 2.61. The van der Waals surface area contributed by atoms with Gasteiger partial charge in [-0.3, -0.25) is 4.79 Å². The molecule has 2 rings (SSSR count). The Morgan fingerprint density at radius 2 is 2.43 bits per heavy atom.